The number of hydrogen-bond donors (Lipinski definition) is 1. The summed E-state index contributed by atoms with van der Waals surface area (Å²) in [5, 5.41) is 8.19. The number of nitrogens with two attached hydrogens (primary N) is 1. The molecule has 0 fully saturated rings. The topological polar surface area (TPSA) is 103 Å². The zero-order chi connectivity index (χ0) is 17.6. The van der Waals surface area contributed by atoms with Crippen molar-refractivity contribution >= 4 is 11.7 Å². The van der Waals surface area contributed by atoms with Gasteiger partial charge in [-0.25, -0.2) is 4.98 Å². The molecule has 0 aliphatic rings. The van der Waals surface area contributed by atoms with Gasteiger partial charge in [-0.2, -0.15) is 0 Å². The van der Waals surface area contributed by atoms with Crippen LogP contribution >= 0.6 is 0 Å². The van der Waals surface area contributed by atoms with Crippen LogP contribution in [-0.4, -0.2) is 44.0 Å². The highest BCUT2D eigenvalue weighted by atomic mass is 16.2. The van der Waals surface area contributed by atoms with Gasteiger partial charge < -0.3 is 5.73 Å². The minimum Gasteiger partial charge on any atom is -0.329 e. The number of anilines is 1. The Kier molecular flexibility index (Phi) is 5.10. The van der Waals surface area contributed by atoms with Crippen LogP contribution in [0.1, 0.15) is 17.3 Å². The van der Waals surface area contributed by atoms with E-state index < -0.39 is 0 Å². The normalized spacial score (nSPS) is 10.6. The van der Waals surface area contributed by atoms with Crippen LogP contribution in [0.3, 0.4) is 0 Å². The van der Waals surface area contributed by atoms with Crippen LogP contribution in [0.4, 0.5) is 5.82 Å². The summed E-state index contributed by atoms with van der Waals surface area (Å²) in [6.07, 6.45) is 6.68. The van der Waals surface area contributed by atoms with Crippen molar-refractivity contribution in [3.05, 3.63) is 54.6 Å². The zero-order valence-corrected chi connectivity index (χ0v) is 13.9. The first-order chi connectivity index (χ1) is 12.2. The number of carbonyl (C=O) groups excluding carboxylic acids is 1. The van der Waals surface area contributed by atoms with Crippen molar-refractivity contribution in [1.29, 1.82) is 0 Å². The summed E-state index contributed by atoms with van der Waals surface area (Å²) in [5.74, 6) is 0.441. The third-order valence-electron chi connectivity index (χ3n) is 3.70. The average Bonchev–Trinajstić information content (AvgIpc) is 3.12. The molecule has 0 saturated carbocycles. The molecule has 25 heavy (non-hydrogen) atoms. The van der Waals surface area contributed by atoms with E-state index in [2.05, 4.69) is 20.3 Å². The van der Waals surface area contributed by atoms with Gasteiger partial charge in [-0.3, -0.25) is 19.4 Å². The fourth-order valence-electron chi connectivity index (χ4n) is 2.46. The van der Waals surface area contributed by atoms with Crippen LogP contribution in [0.15, 0.2) is 49.1 Å². The van der Waals surface area contributed by atoms with Crippen LogP contribution < -0.4 is 10.6 Å². The molecule has 0 aromatic carbocycles. The largest absolute Gasteiger partial charge is 0.329 e. The van der Waals surface area contributed by atoms with E-state index in [-0.39, 0.29) is 5.91 Å². The molecule has 0 atom stereocenters. The number of nitrogens with zero attached hydrogens (tertiary/aromatic N) is 6. The van der Waals surface area contributed by atoms with Crippen LogP contribution in [0.2, 0.25) is 0 Å². The maximum absolute atomic E-state index is 12.7. The molecule has 3 aromatic heterocycles. The molecule has 0 radical (unpaired) electrons. The zero-order valence-electron chi connectivity index (χ0n) is 13.9. The Labute approximate surface area is 145 Å². The van der Waals surface area contributed by atoms with E-state index in [9.17, 15) is 4.79 Å². The average molecular weight is 337 g/mol. The molecule has 0 unspecified atom stereocenters. The van der Waals surface area contributed by atoms with Gasteiger partial charge >= 0.3 is 0 Å². The molecular formula is C17H19N7O. The SMILES string of the molecule is CCN(C(=O)c1ccncc1)c1cc(-c2cn(CCN)nn2)ccn1. The maximum Gasteiger partial charge on any atom is 0.259 e. The second-order valence-electron chi connectivity index (χ2n) is 5.34. The van der Waals surface area contributed by atoms with Gasteiger partial charge in [0.05, 0.1) is 12.7 Å². The highest BCUT2D eigenvalue weighted by molar-refractivity contribution is 6.05. The Bertz CT molecular complexity index is 847. The summed E-state index contributed by atoms with van der Waals surface area (Å²) in [6.45, 7) is 3.50. The minimum atomic E-state index is -0.124. The number of pyridine rings is 2. The van der Waals surface area contributed by atoms with Crippen molar-refractivity contribution in [2.24, 2.45) is 5.73 Å². The summed E-state index contributed by atoms with van der Waals surface area (Å²) >= 11 is 0. The number of amides is 1. The number of aromatic nitrogens is 5. The van der Waals surface area contributed by atoms with E-state index in [4.69, 9.17) is 5.73 Å². The third-order valence-corrected chi connectivity index (χ3v) is 3.70. The number of rotatable bonds is 6. The van der Waals surface area contributed by atoms with Crippen molar-refractivity contribution in [1.82, 2.24) is 25.0 Å². The Morgan fingerprint density at radius 3 is 2.76 bits per heavy atom. The van der Waals surface area contributed by atoms with Crippen molar-refractivity contribution in [2.45, 2.75) is 13.5 Å². The highest BCUT2D eigenvalue weighted by Gasteiger charge is 2.18. The number of carbonyl (C=O) groups is 1. The van der Waals surface area contributed by atoms with Gasteiger partial charge in [0.15, 0.2) is 0 Å². The first-order valence-electron chi connectivity index (χ1n) is 8.01. The van der Waals surface area contributed by atoms with E-state index in [1.807, 2.05) is 25.3 Å². The Morgan fingerprint density at radius 2 is 2.04 bits per heavy atom. The van der Waals surface area contributed by atoms with Gasteiger partial charge in [-0.1, -0.05) is 5.21 Å². The lowest BCUT2D eigenvalue weighted by molar-refractivity contribution is 0.0987. The molecule has 0 saturated heterocycles. The van der Waals surface area contributed by atoms with Crippen LogP contribution in [0.25, 0.3) is 11.3 Å². The molecule has 3 aromatic rings. The second kappa shape index (κ2) is 7.63. The molecule has 0 bridgehead atoms. The molecule has 0 aliphatic carbocycles. The maximum atomic E-state index is 12.7. The Hall–Kier alpha value is -3.13. The van der Waals surface area contributed by atoms with E-state index in [1.54, 1.807) is 40.3 Å². The summed E-state index contributed by atoms with van der Waals surface area (Å²) in [4.78, 5) is 22.6. The van der Waals surface area contributed by atoms with Gasteiger partial charge in [0.25, 0.3) is 5.91 Å². The van der Waals surface area contributed by atoms with Crippen molar-refractivity contribution in [2.75, 3.05) is 18.0 Å². The van der Waals surface area contributed by atoms with Crippen LogP contribution in [0.5, 0.6) is 0 Å². The standard InChI is InChI=1S/C17H19N7O/c1-2-24(17(25)13-3-7-19-8-4-13)16-11-14(5-9-20-16)15-12-23(10-6-18)22-21-15/h3-5,7-9,11-12H,2,6,10,18H2,1H3. The summed E-state index contributed by atoms with van der Waals surface area (Å²) in [7, 11) is 0. The first-order valence-corrected chi connectivity index (χ1v) is 8.01. The monoisotopic (exact) mass is 337 g/mol. The van der Waals surface area contributed by atoms with E-state index in [1.165, 1.54) is 0 Å². The molecule has 8 nitrogen and oxygen atoms in total. The number of hydrogen-bond acceptors (Lipinski definition) is 6. The molecular weight excluding hydrogens is 318 g/mol. The van der Waals surface area contributed by atoms with Crippen LogP contribution in [0, 0.1) is 0 Å². The lowest BCUT2D eigenvalue weighted by atomic mass is 10.2. The van der Waals surface area contributed by atoms with Gasteiger partial charge in [0.2, 0.25) is 0 Å². The molecule has 3 heterocycles. The molecule has 0 spiro atoms. The van der Waals surface area contributed by atoms with E-state index >= 15 is 0 Å². The van der Waals surface area contributed by atoms with Crippen molar-refractivity contribution < 1.29 is 4.79 Å². The Morgan fingerprint density at radius 1 is 1.24 bits per heavy atom. The smallest absolute Gasteiger partial charge is 0.259 e. The van der Waals surface area contributed by atoms with Crippen molar-refractivity contribution in [3.63, 3.8) is 0 Å². The van der Waals surface area contributed by atoms with E-state index in [0.29, 0.717) is 36.7 Å². The second-order valence-corrected chi connectivity index (χ2v) is 5.34. The predicted molar refractivity (Wildman–Crippen MR) is 93.9 cm³/mol. The molecule has 1 amide bonds. The van der Waals surface area contributed by atoms with Gasteiger partial charge in [0, 0.05) is 42.8 Å². The minimum absolute atomic E-state index is 0.124. The fourth-order valence-corrected chi connectivity index (χ4v) is 2.46. The third kappa shape index (κ3) is 3.69. The lowest BCUT2D eigenvalue weighted by Crippen LogP contribution is -2.31. The lowest BCUT2D eigenvalue weighted by Gasteiger charge is -2.20. The summed E-state index contributed by atoms with van der Waals surface area (Å²) < 4.78 is 1.69. The predicted octanol–water partition coefficient (Wildman–Crippen LogP) is 1.36. The summed E-state index contributed by atoms with van der Waals surface area (Å²) in [5.41, 5.74) is 7.65. The Balaban J connectivity index is 1.89. The molecule has 3 rings (SSSR count). The van der Waals surface area contributed by atoms with Crippen molar-refractivity contribution in [3.8, 4) is 11.3 Å². The first kappa shape index (κ1) is 16.7. The fraction of sp³-hybridized carbons (Fsp3) is 0.235. The quantitative estimate of drug-likeness (QED) is 0.728. The van der Waals surface area contributed by atoms with E-state index in [0.717, 1.165) is 5.56 Å². The molecule has 2 N–H and O–H groups in total. The van der Waals surface area contributed by atoms with Gasteiger partial charge in [0.1, 0.15) is 11.5 Å². The molecule has 0 aliphatic heterocycles. The summed E-state index contributed by atoms with van der Waals surface area (Å²) in [6, 6.07) is 7.05. The van der Waals surface area contributed by atoms with Gasteiger partial charge in [-0.05, 0) is 31.2 Å². The van der Waals surface area contributed by atoms with Crippen LogP contribution in [-0.2, 0) is 6.54 Å². The van der Waals surface area contributed by atoms with Gasteiger partial charge in [-0.15, -0.1) is 5.10 Å². The highest BCUT2D eigenvalue weighted by Crippen LogP contribution is 2.22. The molecule has 8 heteroatoms. The molecule has 128 valence electrons.